The molecule has 0 aliphatic heterocycles. The van der Waals surface area contributed by atoms with Gasteiger partial charge in [0.2, 0.25) is 0 Å². The standard InChI is InChI=1S/C20H31N/c1-15(2)13-21-14-20(11-17-8-9-19(20)10-17)12-18-7-5-4-6-16(18)3/h4-7,15,17,19,21H,8-14H2,1-3H3. The predicted molar refractivity (Wildman–Crippen MR) is 90.5 cm³/mol. The molecular formula is C20H31N. The van der Waals surface area contributed by atoms with Crippen LogP contribution >= 0.6 is 0 Å². The second kappa shape index (κ2) is 6.12. The van der Waals surface area contributed by atoms with Crippen LogP contribution in [0.2, 0.25) is 0 Å². The van der Waals surface area contributed by atoms with Crippen molar-refractivity contribution in [1.29, 1.82) is 0 Å². The molecule has 3 atom stereocenters. The van der Waals surface area contributed by atoms with Crippen LogP contribution in [0.5, 0.6) is 0 Å². The van der Waals surface area contributed by atoms with Gasteiger partial charge in [-0.1, -0.05) is 44.5 Å². The van der Waals surface area contributed by atoms with Crippen LogP contribution in [0.25, 0.3) is 0 Å². The van der Waals surface area contributed by atoms with Crippen molar-refractivity contribution >= 4 is 0 Å². The first-order chi connectivity index (χ1) is 10.1. The Morgan fingerprint density at radius 1 is 1.24 bits per heavy atom. The van der Waals surface area contributed by atoms with Gasteiger partial charge in [0.25, 0.3) is 0 Å². The highest BCUT2D eigenvalue weighted by Gasteiger charge is 2.50. The lowest BCUT2D eigenvalue weighted by molar-refractivity contribution is 0.154. The van der Waals surface area contributed by atoms with Gasteiger partial charge in [0.1, 0.15) is 0 Å². The smallest absolute Gasteiger partial charge is 0.00139 e. The Morgan fingerprint density at radius 2 is 2.05 bits per heavy atom. The summed E-state index contributed by atoms with van der Waals surface area (Å²) in [5.74, 6) is 2.72. The van der Waals surface area contributed by atoms with Gasteiger partial charge in [0.15, 0.2) is 0 Å². The molecule has 0 amide bonds. The number of aryl methyl sites for hydroxylation is 1. The van der Waals surface area contributed by atoms with E-state index in [4.69, 9.17) is 0 Å². The minimum absolute atomic E-state index is 0.532. The summed E-state index contributed by atoms with van der Waals surface area (Å²) in [6.45, 7) is 9.27. The molecule has 0 radical (unpaired) electrons. The molecule has 1 heteroatoms. The van der Waals surface area contributed by atoms with E-state index in [1.54, 1.807) is 5.56 Å². The summed E-state index contributed by atoms with van der Waals surface area (Å²) < 4.78 is 0. The second-order valence-corrected chi connectivity index (χ2v) is 8.07. The van der Waals surface area contributed by atoms with E-state index < -0.39 is 0 Å². The van der Waals surface area contributed by atoms with Gasteiger partial charge in [-0.25, -0.2) is 0 Å². The van der Waals surface area contributed by atoms with Gasteiger partial charge in [-0.05, 0) is 73.4 Å². The Morgan fingerprint density at radius 3 is 2.67 bits per heavy atom. The molecular weight excluding hydrogens is 254 g/mol. The van der Waals surface area contributed by atoms with E-state index in [1.165, 1.54) is 44.2 Å². The fraction of sp³-hybridized carbons (Fsp3) is 0.700. The third kappa shape index (κ3) is 3.18. The Hall–Kier alpha value is -0.820. The molecule has 2 aliphatic carbocycles. The van der Waals surface area contributed by atoms with E-state index in [0.29, 0.717) is 5.41 Å². The topological polar surface area (TPSA) is 12.0 Å². The van der Waals surface area contributed by atoms with Crippen LogP contribution in [0.15, 0.2) is 24.3 Å². The number of hydrogen-bond acceptors (Lipinski definition) is 1. The lowest BCUT2D eigenvalue weighted by Crippen LogP contribution is -2.41. The van der Waals surface area contributed by atoms with E-state index in [-0.39, 0.29) is 0 Å². The van der Waals surface area contributed by atoms with Crippen LogP contribution in [0.1, 0.15) is 50.7 Å². The molecule has 21 heavy (non-hydrogen) atoms. The summed E-state index contributed by atoms with van der Waals surface area (Å²) in [6, 6.07) is 9.01. The first kappa shape index (κ1) is 15.1. The maximum atomic E-state index is 3.79. The van der Waals surface area contributed by atoms with E-state index in [9.17, 15) is 0 Å². The largest absolute Gasteiger partial charge is 0.316 e. The molecule has 3 unspecified atom stereocenters. The predicted octanol–water partition coefficient (Wildman–Crippen LogP) is 4.59. The van der Waals surface area contributed by atoms with Gasteiger partial charge >= 0.3 is 0 Å². The normalized spacial score (nSPS) is 31.2. The van der Waals surface area contributed by atoms with Crippen LogP contribution in [0, 0.1) is 30.1 Å². The quantitative estimate of drug-likeness (QED) is 0.806. The fourth-order valence-electron chi connectivity index (χ4n) is 4.85. The third-order valence-corrected chi connectivity index (χ3v) is 5.94. The minimum Gasteiger partial charge on any atom is -0.316 e. The molecule has 1 N–H and O–H groups in total. The first-order valence-electron chi connectivity index (χ1n) is 8.84. The molecule has 0 saturated heterocycles. The molecule has 1 aromatic rings. The van der Waals surface area contributed by atoms with Crippen LogP contribution in [0.3, 0.4) is 0 Å². The van der Waals surface area contributed by atoms with Crippen molar-refractivity contribution in [3.63, 3.8) is 0 Å². The molecule has 2 bridgehead atoms. The molecule has 1 nitrogen and oxygen atoms in total. The van der Waals surface area contributed by atoms with Crippen LogP contribution in [-0.4, -0.2) is 13.1 Å². The highest BCUT2D eigenvalue weighted by atomic mass is 14.9. The summed E-state index contributed by atoms with van der Waals surface area (Å²) in [4.78, 5) is 0. The van der Waals surface area contributed by atoms with Crippen molar-refractivity contribution < 1.29 is 0 Å². The molecule has 2 aliphatic rings. The number of fused-ring (bicyclic) bond motifs is 2. The van der Waals surface area contributed by atoms with Crippen LogP contribution in [-0.2, 0) is 6.42 Å². The molecule has 116 valence electrons. The molecule has 0 spiro atoms. The lowest BCUT2D eigenvalue weighted by Gasteiger charge is -2.39. The van der Waals surface area contributed by atoms with E-state index in [2.05, 4.69) is 50.4 Å². The van der Waals surface area contributed by atoms with E-state index in [0.717, 1.165) is 24.3 Å². The zero-order valence-corrected chi connectivity index (χ0v) is 14.0. The van der Waals surface area contributed by atoms with Crippen LogP contribution < -0.4 is 5.32 Å². The molecule has 0 heterocycles. The summed E-state index contributed by atoms with van der Waals surface area (Å²) in [5, 5.41) is 3.79. The zero-order chi connectivity index (χ0) is 14.9. The molecule has 2 saturated carbocycles. The first-order valence-corrected chi connectivity index (χ1v) is 8.84. The Kier molecular flexibility index (Phi) is 4.40. The van der Waals surface area contributed by atoms with Crippen LogP contribution in [0.4, 0.5) is 0 Å². The average Bonchev–Trinajstić information content (AvgIpc) is 3.02. The number of hydrogen-bond donors (Lipinski definition) is 1. The van der Waals surface area contributed by atoms with Crippen molar-refractivity contribution in [2.24, 2.45) is 23.2 Å². The van der Waals surface area contributed by atoms with Gasteiger partial charge in [0, 0.05) is 6.54 Å². The van der Waals surface area contributed by atoms with Crippen molar-refractivity contribution in [3.8, 4) is 0 Å². The fourth-order valence-corrected chi connectivity index (χ4v) is 4.85. The maximum Gasteiger partial charge on any atom is 0.00139 e. The molecule has 3 rings (SSSR count). The summed E-state index contributed by atoms with van der Waals surface area (Å²) in [5.41, 5.74) is 3.59. The van der Waals surface area contributed by atoms with Gasteiger partial charge in [-0.3, -0.25) is 0 Å². The Balaban J connectivity index is 1.75. The average molecular weight is 285 g/mol. The summed E-state index contributed by atoms with van der Waals surface area (Å²) in [7, 11) is 0. The molecule has 0 aromatic heterocycles. The van der Waals surface area contributed by atoms with Gasteiger partial charge in [-0.2, -0.15) is 0 Å². The summed E-state index contributed by atoms with van der Waals surface area (Å²) >= 11 is 0. The van der Waals surface area contributed by atoms with E-state index in [1.807, 2.05) is 0 Å². The van der Waals surface area contributed by atoms with Gasteiger partial charge in [-0.15, -0.1) is 0 Å². The van der Waals surface area contributed by atoms with E-state index >= 15 is 0 Å². The SMILES string of the molecule is Cc1ccccc1CC1(CNCC(C)C)CC2CCC1C2. The van der Waals surface area contributed by atoms with Gasteiger partial charge in [0.05, 0.1) is 0 Å². The number of rotatable bonds is 6. The molecule has 2 fully saturated rings. The second-order valence-electron chi connectivity index (χ2n) is 8.07. The summed E-state index contributed by atoms with van der Waals surface area (Å²) in [6.07, 6.45) is 7.20. The monoisotopic (exact) mass is 285 g/mol. The maximum absolute atomic E-state index is 3.79. The number of nitrogens with one attached hydrogen (secondary N) is 1. The van der Waals surface area contributed by atoms with Crippen molar-refractivity contribution in [1.82, 2.24) is 5.32 Å². The Labute approximate surface area is 130 Å². The highest BCUT2D eigenvalue weighted by Crippen LogP contribution is 2.57. The minimum atomic E-state index is 0.532. The van der Waals surface area contributed by atoms with Crippen molar-refractivity contribution in [2.45, 2.75) is 52.9 Å². The van der Waals surface area contributed by atoms with Crippen molar-refractivity contribution in [2.75, 3.05) is 13.1 Å². The molecule has 1 aromatic carbocycles. The zero-order valence-electron chi connectivity index (χ0n) is 14.0. The lowest BCUT2D eigenvalue weighted by atomic mass is 9.69. The van der Waals surface area contributed by atoms with Gasteiger partial charge < -0.3 is 5.32 Å². The third-order valence-electron chi connectivity index (χ3n) is 5.94. The number of benzene rings is 1. The highest BCUT2D eigenvalue weighted by molar-refractivity contribution is 5.27. The Bertz CT molecular complexity index is 478. The van der Waals surface area contributed by atoms with Crippen molar-refractivity contribution in [3.05, 3.63) is 35.4 Å².